The number of ether oxygens (including phenoxy) is 1. The third-order valence-corrected chi connectivity index (χ3v) is 2.56. The van der Waals surface area contributed by atoms with Gasteiger partial charge in [-0.25, -0.2) is 4.79 Å². The van der Waals surface area contributed by atoms with Crippen LogP contribution in [0.4, 0.5) is 10.5 Å². The van der Waals surface area contributed by atoms with Crippen molar-refractivity contribution in [2.24, 2.45) is 0 Å². The number of carbonyl (C=O) groups excluding carboxylic acids is 1. The number of nitrogens with one attached hydrogen (secondary N) is 2. The van der Waals surface area contributed by atoms with E-state index in [2.05, 4.69) is 10.6 Å². The topological polar surface area (TPSA) is 70.6 Å². The molecule has 0 atom stereocenters. The number of phenolic OH excluding ortho intramolecular Hbond substituents is 1. The van der Waals surface area contributed by atoms with Gasteiger partial charge in [0.15, 0.2) is 0 Å². The molecule has 100 valence electrons. The summed E-state index contributed by atoms with van der Waals surface area (Å²) in [6.45, 7) is 6.32. The fourth-order valence-electron chi connectivity index (χ4n) is 1.64. The second-order valence-corrected chi connectivity index (χ2v) is 4.25. The van der Waals surface area contributed by atoms with E-state index in [1.807, 2.05) is 20.8 Å². The summed E-state index contributed by atoms with van der Waals surface area (Å²) in [5.41, 5.74) is 1.23. The van der Waals surface area contributed by atoms with E-state index in [-0.39, 0.29) is 17.7 Å². The molecule has 0 radical (unpaired) electrons. The summed E-state index contributed by atoms with van der Waals surface area (Å²) < 4.78 is 5.22. The van der Waals surface area contributed by atoms with Crippen molar-refractivity contribution in [2.45, 2.75) is 26.7 Å². The van der Waals surface area contributed by atoms with Gasteiger partial charge in [-0.3, -0.25) is 0 Å². The van der Waals surface area contributed by atoms with Crippen molar-refractivity contribution in [1.29, 1.82) is 0 Å². The zero-order chi connectivity index (χ0) is 13.7. The monoisotopic (exact) mass is 252 g/mol. The molecular formula is C13H20N2O3. The fourth-order valence-corrected chi connectivity index (χ4v) is 1.64. The van der Waals surface area contributed by atoms with Crippen molar-refractivity contribution < 1.29 is 14.6 Å². The van der Waals surface area contributed by atoms with Gasteiger partial charge in [-0.1, -0.05) is 13.8 Å². The highest BCUT2D eigenvalue weighted by molar-refractivity contribution is 5.91. The lowest BCUT2D eigenvalue weighted by Crippen LogP contribution is -2.28. The first kappa shape index (κ1) is 14.2. The molecule has 1 rings (SSSR count). The molecule has 0 spiro atoms. The van der Waals surface area contributed by atoms with E-state index in [1.54, 1.807) is 6.07 Å². The first-order valence-corrected chi connectivity index (χ1v) is 5.95. The van der Waals surface area contributed by atoms with Gasteiger partial charge in [0.25, 0.3) is 0 Å². The normalized spacial score (nSPS) is 10.3. The standard InChI is InChI=1S/C13H20N2O3/c1-5-14-13(17)15-10-7-11(16)9(8(2)3)6-12(10)18-4/h6-8,16H,5H2,1-4H3,(H2,14,15,17). The first-order chi connectivity index (χ1) is 8.49. The second kappa shape index (κ2) is 6.14. The van der Waals surface area contributed by atoms with Crippen molar-refractivity contribution in [1.82, 2.24) is 5.32 Å². The molecule has 2 amide bonds. The fraction of sp³-hybridized carbons (Fsp3) is 0.462. The molecule has 0 saturated heterocycles. The number of hydrogen-bond acceptors (Lipinski definition) is 3. The molecule has 3 N–H and O–H groups in total. The number of carbonyl (C=O) groups is 1. The largest absolute Gasteiger partial charge is 0.508 e. The predicted octanol–water partition coefficient (Wildman–Crippen LogP) is 2.67. The van der Waals surface area contributed by atoms with Crippen molar-refractivity contribution in [3.63, 3.8) is 0 Å². The molecule has 0 aliphatic heterocycles. The number of methoxy groups -OCH3 is 1. The minimum Gasteiger partial charge on any atom is -0.508 e. The van der Waals surface area contributed by atoms with E-state index in [9.17, 15) is 9.90 Å². The Labute approximate surface area is 107 Å². The molecule has 0 saturated carbocycles. The van der Waals surface area contributed by atoms with E-state index >= 15 is 0 Å². The zero-order valence-corrected chi connectivity index (χ0v) is 11.2. The van der Waals surface area contributed by atoms with Crippen molar-refractivity contribution in [3.05, 3.63) is 17.7 Å². The van der Waals surface area contributed by atoms with E-state index in [4.69, 9.17) is 4.74 Å². The van der Waals surface area contributed by atoms with Crippen LogP contribution in [0.3, 0.4) is 0 Å². The Bertz CT molecular complexity index is 430. The highest BCUT2D eigenvalue weighted by atomic mass is 16.5. The Hall–Kier alpha value is -1.91. The van der Waals surface area contributed by atoms with Gasteiger partial charge in [0, 0.05) is 18.2 Å². The van der Waals surface area contributed by atoms with Crippen LogP contribution in [0.5, 0.6) is 11.5 Å². The summed E-state index contributed by atoms with van der Waals surface area (Å²) in [7, 11) is 1.53. The third-order valence-electron chi connectivity index (χ3n) is 2.56. The Morgan fingerprint density at radius 1 is 1.44 bits per heavy atom. The van der Waals surface area contributed by atoms with Crippen LogP contribution in [0.2, 0.25) is 0 Å². The zero-order valence-electron chi connectivity index (χ0n) is 11.2. The van der Waals surface area contributed by atoms with Gasteiger partial charge in [-0.2, -0.15) is 0 Å². The van der Waals surface area contributed by atoms with Crippen LogP contribution in [0.1, 0.15) is 32.3 Å². The van der Waals surface area contributed by atoms with Gasteiger partial charge in [0.1, 0.15) is 11.5 Å². The van der Waals surface area contributed by atoms with E-state index < -0.39 is 0 Å². The Kier molecular flexibility index (Phi) is 4.83. The van der Waals surface area contributed by atoms with Gasteiger partial charge in [0.05, 0.1) is 12.8 Å². The van der Waals surface area contributed by atoms with Crippen molar-refractivity contribution in [2.75, 3.05) is 19.0 Å². The lowest BCUT2D eigenvalue weighted by molar-refractivity contribution is 0.252. The number of rotatable bonds is 4. The van der Waals surface area contributed by atoms with Crippen molar-refractivity contribution >= 4 is 11.7 Å². The summed E-state index contributed by atoms with van der Waals surface area (Å²) in [4.78, 5) is 11.5. The molecule has 0 bridgehead atoms. The van der Waals surface area contributed by atoms with Crippen LogP contribution in [-0.4, -0.2) is 24.8 Å². The minimum absolute atomic E-state index is 0.151. The Morgan fingerprint density at radius 2 is 2.11 bits per heavy atom. The summed E-state index contributed by atoms with van der Waals surface area (Å²) in [6, 6.07) is 2.91. The number of benzene rings is 1. The lowest BCUT2D eigenvalue weighted by atomic mass is 10.0. The Morgan fingerprint density at radius 3 is 2.61 bits per heavy atom. The molecule has 0 fully saturated rings. The van der Waals surface area contributed by atoms with Gasteiger partial charge < -0.3 is 20.5 Å². The van der Waals surface area contributed by atoms with Crippen molar-refractivity contribution in [3.8, 4) is 11.5 Å². The predicted molar refractivity (Wildman–Crippen MR) is 71.4 cm³/mol. The molecule has 18 heavy (non-hydrogen) atoms. The molecular weight excluding hydrogens is 232 g/mol. The minimum atomic E-state index is -0.326. The summed E-state index contributed by atoms with van der Waals surface area (Å²) in [6.07, 6.45) is 0. The average molecular weight is 252 g/mol. The number of urea groups is 1. The van der Waals surface area contributed by atoms with Gasteiger partial charge in [0.2, 0.25) is 0 Å². The first-order valence-electron chi connectivity index (χ1n) is 5.95. The number of hydrogen-bond donors (Lipinski definition) is 3. The summed E-state index contributed by atoms with van der Waals surface area (Å²) >= 11 is 0. The highest BCUT2D eigenvalue weighted by Gasteiger charge is 2.13. The van der Waals surface area contributed by atoms with Gasteiger partial charge in [-0.15, -0.1) is 0 Å². The summed E-state index contributed by atoms with van der Waals surface area (Å²) in [5, 5.41) is 15.1. The van der Waals surface area contributed by atoms with Crippen LogP contribution in [0.25, 0.3) is 0 Å². The van der Waals surface area contributed by atoms with Crippen LogP contribution in [-0.2, 0) is 0 Å². The molecule has 5 heteroatoms. The average Bonchev–Trinajstić information content (AvgIpc) is 2.29. The maximum absolute atomic E-state index is 11.5. The number of phenols is 1. The molecule has 5 nitrogen and oxygen atoms in total. The molecule has 1 aromatic carbocycles. The maximum Gasteiger partial charge on any atom is 0.319 e. The SMILES string of the molecule is CCNC(=O)Nc1cc(O)c(C(C)C)cc1OC. The third kappa shape index (κ3) is 3.29. The number of amides is 2. The van der Waals surface area contributed by atoms with E-state index in [0.29, 0.717) is 18.0 Å². The smallest absolute Gasteiger partial charge is 0.319 e. The van der Waals surface area contributed by atoms with Crippen LogP contribution < -0.4 is 15.4 Å². The van der Waals surface area contributed by atoms with E-state index in [1.165, 1.54) is 13.2 Å². The number of aromatic hydroxyl groups is 1. The van der Waals surface area contributed by atoms with Gasteiger partial charge >= 0.3 is 6.03 Å². The molecule has 0 aliphatic carbocycles. The maximum atomic E-state index is 11.5. The Balaban J connectivity index is 3.05. The molecule has 0 aromatic heterocycles. The second-order valence-electron chi connectivity index (χ2n) is 4.25. The van der Waals surface area contributed by atoms with Crippen LogP contribution >= 0.6 is 0 Å². The van der Waals surface area contributed by atoms with Crippen LogP contribution in [0, 0.1) is 0 Å². The molecule has 0 unspecified atom stereocenters. The van der Waals surface area contributed by atoms with E-state index in [0.717, 1.165) is 5.56 Å². The highest BCUT2D eigenvalue weighted by Crippen LogP contribution is 2.35. The lowest BCUT2D eigenvalue weighted by Gasteiger charge is -2.15. The molecule has 0 heterocycles. The summed E-state index contributed by atoms with van der Waals surface area (Å²) in [5.74, 6) is 0.859. The molecule has 0 aliphatic rings. The van der Waals surface area contributed by atoms with Crippen LogP contribution in [0.15, 0.2) is 12.1 Å². The van der Waals surface area contributed by atoms with Gasteiger partial charge in [-0.05, 0) is 18.9 Å². The molecule has 1 aromatic rings. The quantitative estimate of drug-likeness (QED) is 0.771. The number of anilines is 1.